The third-order valence-corrected chi connectivity index (χ3v) is 4.63. The number of amides is 1. The predicted molar refractivity (Wildman–Crippen MR) is 80.7 cm³/mol. The molecule has 6 nitrogen and oxygen atoms in total. The number of nitro benzene ring substituents is 1. The van der Waals surface area contributed by atoms with Gasteiger partial charge in [0.15, 0.2) is 0 Å². The lowest BCUT2D eigenvalue weighted by Crippen LogP contribution is -2.30. The number of nitrogens with two attached hydrogens (primary N) is 1. The highest BCUT2D eigenvalue weighted by molar-refractivity contribution is 7.10. The zero-order chi connectivity index (χ0) is 15.0. The van der Waals surface area contributed by atoms with Crippen LogP contribution in [-0.4, -0.2) is 17.4 Å². The van der Waals surface area contributed by atoms with Crippen molar-refractivity contribution < 1.29 is 9.72 Å². The number of rotatable bonds is 3. The first kappa shape index (κ1) is 13.6. The Morgan fingerprint density at radius 3 is 2.90 bits per heavy atom. The molecule has 0 spiro atoms. The smallest absolute Gasteiger partial charge is 0.293 e. The Balaban J connectivity index is 1.99. The molecule has 1 aromatic carbocycles. The maximum absolute atomic E-state index is 11.3. The van der Waals surface area contributed by atoms with E-state index in [1.807, 2.05) is 10.3 Å². The lowest BCUT2D eigenvalue weighted by atomic mass is 10.1. The second-order valence-electron chi connectivity index (χ2n) is 4.87. The number of thiophene rings is 1. The molecule has 1 aliphatic heterocycles. The van der Waals surface area contributed by atoms with Gasteiger partial charge in [-0.25, -0.2) is 0 Å². The summed E-state index contributed by atoms with van der Waals surface area (Å²) in [7, 11) is 0. The highest BCUT2D eigenvalue weighted by Crippen LogP contribution is 2.34. The minimum absolute atomic E-state index is 0.0787. The molecular weight excluding hydrogens is 290 g/mol. The number of carbonyl (C=O) groups is 1. The molecule has 2 heterocycles. The number of fused-ring (bicyclic) bond motifs is 1. The summed E-state index contributed by atoms with van der Waals surface area (Å²) in [6.07, 6.45) is 0.877. The van der Waals surface area contributed by atoms with Gasteiger partial charge < -0.3 is 10.6 Å². The quantitative estimate of drug-likeness (QED) is 0.696. The number of primary amides is 1. The van der Waals surface area contributed by atoms with E-state index in [4.69, 9.17) is 5.73 Å². The number of hydrogen-bond acceptors (Lipinski definition) is 5. The Labute approximate surface area is 124 Å². The number of nitrogens with zero attached hydrogens (tertiary/aromatic N) is 2. The van der Waals surface area contributed by atoms with Crippen molar-refractivity contribution in [2.24, 2.45) is 5.73 Å². The highest BCUT2D eigenvalue weighted by Gasteiger charge is 2.25. The van der Waals surface area contributed by atoms with Crippen molar-refractivity contribution in [3.05, 3.63) is 55.8 Å². The van der Waals surface area contributed by atoms with Crippen molar-refractivity contribution >= 4 is 28.6 Å². The lowest BCUT2D eigenvalue weighted by molar-refractivity contribution is -0.384. The Morgan fingerprint density at radius 1 is 1.38 bits per heavy atom. The van der Waals surface area contributed by atoms with Gasteiger partial charge in [-0.2, -0.15) is 0 Å². The van der Waals surface area contributed by atoms with Crippen molar-refractivity contribution in [2.45, 2.75) is 13.0 Å². The summed E-state index contributed by atoms with van der Waals surface area (Å²) in [4.78, 5) is 25.3. The minimum atomic E-state index is -0.664. The van der Waals surface area contributed by atoms with Crippen molar-refractivity contribution in [2.75, 3.05) is 11.4 Å². The Morgan fingerprint density at radius 2 is 2.19 bits per heavy atom. The standard InChI is InChI=1S/C14H13N3O3S/c15-14(18)9-1-2-11(12(7-9)17(19)20)16-5-3-13-10(8-16)4-6-21-13/h1-2,4,6-7H,3,5,8H2,(H2,15,18). The average Bonchev–Trinajstić information content (AvgIpc) is 2.93. The van der Waals surface area contributed by atoms with E-state index in [0.717, 1.165) is 13.0 Å². The summed E-state index contributed by atoms with van der Waals surface area (Å²) in [5.74, 6) is -0.664. The molecule has 1 aromatic heterocycles. The molecule has 0 bridgehead atoms. The molecule has 0 unspecified atom stereocenters. The van der Waals surface area contributed by atoms with Gasteiger partial charge in [-0.1, -0.05) is 0 Å². The number of carbonyl (C=O) groups excluding carboxylic acids is 1. The fourth-order valence-corrected chi connectivity index (χ4v) is 3.43. The van der Waals surface area contributed by atoms with Crippen LogP contribution in [0.5, 0.6) is 0 Å². The maximum atomic E-state index is 11.3. The second-order valence-corrected chi connectivity index (χ2v) is 5.87. The van der Waals surface area contributed by atoms with E-state index in [1.54, 1.807) is 17.4 Å². The number of benzene rings is 1. The van der Waals surface area contributed by atoms with Crippen LogP contribution >= 0.6 is 11.3 Å². The molecule has 0 saturated carbocycles. The molecule has 0 fully saturated rings. The molecule has 7 heteroatoms. The first-order valence-corrected chi connectivity index (χ1v) is 7.32. The number of nitro groups is 1. The van der Waals surface area contributed by atoms with E-state index in [-0.39, 0.29) is 11.3 Å². The second kappa shape index (κ2) is 5.17. The molecule has 0 atom stereocenters. The monoisotopic (exact) mass is 303 g/mol. The summed E-state index contributed by atoms with van der Waals surface area (Å²) < 4.78 is 0. The van der Waals surface area contributed by atoms with E-state index in [0.29, 0.717) is 12.2 Å². The number of hydrogen-bond donors (Lipinski definition) is 1. The first-order valence-electron chi connectivity index (χ1n) is 6.44. The Hall–Kier alpha value is -2.41. The first-order chi connectivity index (χ1) is 10.1. The molecule has 0 saturated heterocycles. The Bertz CT molecular complexity index is 726. The van der Waals surface area contributed by atoms with Gasteiger partial charge in [0, 0.05) is 29.6 Å². The van der Waals surface area contributed by atoms with Gasteiger partial charge in [0.25, 0.3) is 5.69 Å². The van der Waals surface area contributed by atoms with Gasteiger partial charge >= 0.3 is 0 Å². The predicted octanol–water partition coefficient (Wildman–Crippen LogP) is 2.32. The van der Waals surface area contributed by atoms with Crippen LogP contribution in [0.4, 0.5) is 11.4 Å². The van der Waals surface area contributed by atoms with Crippen LogP contribution in [0, 0.1) is 10.1 Å². The van der Waals surface area contributed by atoms with E-state index in [2.05, 4.69) is 6.07 Å². The SMILES string of the molecule is NC(=O)c1ccc(N2CCc3sccc3C2)c([N+](=O)[O-])c1. The van der Waals surface area contributed by atoms with Gasteiger partial charge in [0.05, 0.1) is 4.92 Å². The molecular formula is C14H13N3O3S. The van der Waals surface area contributed by atoms with E-state index in [9.17, 15) is 14.9 Å². The molecule has 1 aliphatic rings. The fraction of sp³-hybridized carbons (Fsp3) is 0.214. The van der Waals surface area contributed by atoms with Gasteiger partial charge in [-0.15, -0.1) is 11.3 Å². The molecule has 2 N–H and O–H groups in total. The maximum Gasteiger partial charge on any atom is 0.293 e. The normalized spacial score (nSPS) is 13.8. The highest BCUT2D eigenvalue weighted by atomic mass is 32.1. The van der Waals surface area contributed by atoms with E-state index >= 15 is 0 Å². The van der Waals surface area contributed by atoms with E-state index in [1.165, 1.54) is 22.6 Å². The molecule has 0 aliphatic carbocycles. The summed E-state index contributed by atoms with van der Waals surface area (Å²) in [5.41, 5.74) is 7.00. The third-order valence-electron chi connectivity index (χ3n) is 3.60. The fourth-order valence-electron chi connectivity index (χ4n) is 2.54. The van der Waals surface area contributed by atoms with Crippen LogP contribution in [0.2, 0.25) is 0 Å². The van der Waals surface area contributed by atoms with Gasteiger partial charge in [-0.05, 0) is 35.6 Å². The third kappa shape index (κ3) is 2.47. The zero-order valence-electron chi connectivity index (χ0n) is 11.1. The Kier molecular flexibility index (Phi) is 3.34. The molecule has 0 radical (unpaired) electrons. The van der Waals surface area contributed by atoms with E-state index < -0.39 is 10.8 Å². The van der Waals surface area contributed by atoms with Crippen molar-refractivity contribution in [3.63, 3.8) is 0 Å². The van der Waals surface area contributed by atoms with Crippen LogP contribution < -0.4 is 10.6 Å². The molecule has 108 valence electrons. The van der Waals surface area contributed by atoms with Crippen molar-refractivity contribution in [1.82, 2.24) is 0 Å². The molecule has 1 amide bonds. The molecule has 3 rings (SSSR count). The average molecular weight is 303 g/mol. The molecule has 21 heavy (non-hydrogen) atoms. The summed E-state index contributed by atoms with van der Waals surface area (Å²) in [5, 5.41) is 13.3. The van der Waals surface area contributed by atoms with Gasteiger partial charge in [0.2, 0.25) is 5.91 Å². The summed E-state index contributed by atoms with van der Waals surface area (Å²) in [6.45, 7) is 1.37. The van der Waals surface area contributed by atoms with Gasteiger partial charge in [0.1, 0.15) is 5.69 Å². The van der Waals surface area contributed by atoms with Crippen LogP contribution in [0.1, 0.15) is 20.8 Å². The summed E-state index contributed by atoms with van der Waals surface area (Å²) in [6, 6.07) is 6.44. The largest absolute Gasteiger partial charge is 0.366 e. The topological polar surface area (TPSA) is 89.5 Å². The number of anilines is 1. The van der Waals surface area contributed by atoms with Crippen molar-refractivity contribution in [3.8, 4) is 0 Å². The minimum Gasteiger partial charge on any atom is -0.366 e. The molecule has 2 aromatic rings. The van der Waals surface area contributed by atoms with Crippen LogP contribution in [0.15, 0.2) is 29.6 Å². The zero-order valence-corrected chi connectivity index (χ0v) is 11.9. The van der Waals surface area contributed by atoms with Crippen LogP contribution in [0.25, 0.3) is 0 Å². The van der Waals surface area contributed by atoms with Crippen LogP contribution in [0.3, 0.4) is 0 Å². The lowest BCUT2D eigenvalue weighted by Gasteiger charge is -2.28. The summed E-state index contributed by atoms with van der Waals surface area (Å²) >= 11 is 1.72. The van der Waals surface area contributed by atoms with Gasteiger partial charge in [-0.3, -0.25) is 14.9 Å². The van der Waals surface area contributed by atoms with Crippen molar-refractivity contribution in [1.29, 1.82) is 0 Å². The van der Waals surface area contributed by atoms with Crippen LogP contribution in [-0.2, 0) is 13.0 Å².